The highest BCUT2D eigenvalue weighted by Crippen LogP contribution is 2.24. The van der Waals surface area contributed by atoms with Crippen molar-refractivity contribution in [1.29, 1.82) is 0 Å². The third-order valence-electron chi connectivity index (χ3n) is 2.10. The van der Waals surface area contributed by atoms with Crippen LogP contribution in [0.4, 0.5) is 5.82 Å². The van der Waals surface area contributed by atoms with E-state index in [-0.39, 0.29) is 17.3 Å². The van der Waals surface area contributed by atoms with Crippen molar-refractivity contribution in [2.24, 2.45) is 0 Å². The predicted molar refractivity (Wildman–Crippen MR) is 73.0 cm³/mol. The molecule has 2 N–H and O–H groups in total. The number of halogens is 1. The first kappa shape index (κ1) is 13.5. The predicted octanol–water partition coefficient (Wildman–Crippen LogP) is 2.20. The molecule has 8 heteroatoms. The van der Waals surface area contributed by atoms with Crippen LogP contribution >= 0.6 is 27.3 Å². The molecule has 0 saturated heterocycles. The summed E-state index contributed by atoms with van der Waals surface area (Å²) in [6, 6.07) is 4.69. The molecule has 2 heterocycles. The molecule has 0 atom stereocenters. The Morgan fingerprint density at radius 3 is 2.78 bits per heavy atom. The van der Waals surface area contributed by atoms with Crippen LogP contribution in [0.3, 0.4) is 0 Å². The van der Waals surface area contributed by atoms with Crippen LogP contribution in [0.25, 0.3) is 0 Å². The van der Waals surface area contributed by atoms with E-state index in [1.54, 1.807) is 17.5 Å². The molecule has 5 nitrogen and oxygen atoms in total. The lowest BCUT2D eigenvalue weighted by atomic mass is 10.5. The lowest BCUT2D eigenvalue weighted by Crippen LogP contribution is -2.14. The number of nitrogens with zero attached hydrogens (tertiary/aromatic N) is 1. The zero-order chi connectivity index (χ0) is 13.2. The van der Waals surface area contributed by atoms with E-state index in [0.717, 1.165) is 4.47 Å². The third kappa shape index (κ3) is 2.89. The average molecular weight is 349 g/mol. The summed E-state index contributed by atoms with van der Waals surface area (Å²) in [7, 11) is -3.70. The number of thiophene rings is 1. The first-order valence-corrected chi connectivity index (χ1v) is 8.00. The quantitative estimate of drug-likeness (QED) is 0.887. The van der Waals surface area contributed by atoms with Crippen molar-refractivity contribution < 1.29 is 13.5 Å². The van der Waals surface area contributed by atoms with Crippen LogP contribution < -0.4 is 4.72 Å². The zero-order valence-electron chi connectivity index (χ0n) is 9.00. The molecule has 2 rings (SSSR count). The second-order valence-corrected chi connectivity index (χ2v) is 6.90. The van der Waals surface area contributed by atoms with Crippen LogP contribution in [0.1, 0.15) is 4.88 Å². The van der Waals surface area contributed by atoms with Gasteiger partial charge >= 0.3 is 0 Å². The van der Waals surface area contributed by atoms with E-state index < -0.39 is 10.0 Å². The molecule has 18 heavy (non-hydrogen) atoms. The van der Waals surface area contributed by atoms with E-state index in [4.69, 9.17) is 5.11 Å². The number of aliphatic hydroxyl groups excluding tert-OH is 1. The summed E-state index contributed by atoms with van der Waals surface area (Å²) in [4.78, 5) is 4.42. The van der Waals surface area contributed by atoms with Crippen LogP contribution in [0, 0.1) is 0 Å². The third-order valence-corrected chi connectivity index (χ3v) is 5.05. The Morgan fingerprint density at radius 1 is 1.39 bits per heavy atom. The highest BCUT2D eigenvalue weighted by molar-refractivity contribution is 9.10. The summed E-state index contributed by atoms with van der Waals surface area (Å²) < 4.78 is 27.2. The molecule has 0 fully saturated rings. The monoisotopic (exact) mass is 348 g/mol. The van der Waals surface area contributed by atoms with Gasteiger partial charge in [-0.1, -0.05) is 0 Å². The van der Waals surface area contributed by atoms with Gasteiger partial charge in [0.25, 0.3) is 10.0 Å². The normalized spacial score (nSPS) is 11.4. The lowest BCUT2D eigenvalue weighted by Gasteiger charge is -2.07. The summed E-state index contributed by atoms with van der Waals surface area (Å²) in [6.45, 7) is -0.304. The maximum atomic E-state index is 12.1. The largest absolute Gasteiger partial charge is 0.391 e. The Morgan fingerprint density at radius 2 is 2.17 bits per heavy atom. The first-order chi connectivity index (χ1) is 8.53. The second kappa shape index (κ2) is 5.35. The summed E-state index contributed by atoms with van der Waals surface area (Å²) in [6.07, 6.45) is 1.50. The van der Waals surface area contributed by atoms with Gasteiger partial charge in [-0.3, -0.25) is 4.72 Å². The highest BCUT2D eigenvalue weighted by Gasteiger charge is 2.19. The van der Waals surface area contributed by atoms with Gasteiger partial charge in [-0.15, -0.1) is 11.3 Å². The van der Waals surface area contributed by atoms with Crippen molar-refractivity contribution in [2.45, 2.75) is 11.5 Å². The molecule has 2 aromatic rings. The van der Waals surface area contributed by atoms with E-state index in [1.165, 1.54) is 23.6 Å². The van der Waals surface area contributed by atoms with Crippen LogP contribution in [-0.2, 0) is 16.6 Å². The van der Waals surface area contributed by atoms with Crippen molar-refractivity contribution in [2.75, 3.05) is 4.72 Å². The molecule has 0 aromatic carbocycles. The van der Waals surface area contributed by atoms with E-state index in [0.29, 0.717) is 4.88 Å². The summed E-state index contributed by atoms with van der Waals surface area (Å²) in [5.74, 6) is 0.230. The molecule has 0 radical (unpaired) electrons. The number of hydrogen-bond donors (Lipinski definition) is 2. The Kier molecular flexibility index (Phi) is 4.00. The Labute approximate surface area is 117 Å². The Hall–Kier alpha value is -0.960. The Balaban J connectivity index is 2.30. The number of aliphatic hydroxyl groups is 1. The van der Waals surface area contributed by atoms with Crippen LogP contribution in [-0.4, -0.2) is 18.5 Å². The maximum Gasteiger partial charge on any atom is 0.264 e. The lowest BCUT2D eigenvalue weighted by molar-refractivity contribution is 0.282. The molecule has 96 valence electrons. The van der Waals surface area contributed by atoms with E-state index in [1.807, 2.05) is 0 Å². The van der Waals surface area contributed by atoms with Crippen molar-refractivity contribution in [3.63, 3.8) is 0 Å². The fourth-order valence-corrected chi connectivity index (χ4v) is 3.85. The molecule has 0 bridgehead atoms. The molecular weight excluding hydrogens is 340 g/mol. The van der Waals surface area contributed by atoms with E-state index in [9.17, 15) is 8.42 Å². The smallest absolute Gasteiger partial charge is 0.264 e. The number of anilines is 1. The molecule has 0 aliphatic rings. The van der Waals surface area contributed by atoms with Crippen LogP contribution in [0.5, 0.6) is 0 Å². The van der Waals surface area contributed by atoms with Gasteiger partial charge in [-0.2, -0.15) is 0 Å². The second-order valence-electron chi connectivity index (χ2n) is 3.33. The SMILES string of the molecule is O=S(=O)(Nc1ccc(Br)cn1)c1ccsc1CO. The van der Waals surface area contributed by atoms with Gasteiger partial charge in [0.15, 0.2) is 0 Å². The fourth-order valence-electron chi connectivity index (χ4n) is 1.31. The average Bonchev–Trinajstić information content (AvgIpc) is 2.81. The number of pyridine rings is 1. The van der Waals surface area contributed by atoms with Crippen LogP contribution in [0.2, 0.25) is 0 Å². The fraction of sp³-hybridized carbons (Fsp3) is 0.100. The van der Waals surface area contributed by atoms with Gasteiger partial charge in [-0.05, 0) is 39.5 Å². The van der Waals surface area contributed by atoms with Gasteiger partial charge in [0.05, 0.1) is 11.5 Å². The maximum absolute atomic E-state index is 12.1. The molecule has 0 saturated carbocycles. The molecular formula is C10H9BrN2O3S2. The molecule has 0 unspecified atom stereocenters. The number of nitrogens with one attached hydrogen (secondary N) is 1. The van der Waals surface area contributed by atoms with Crippen molar-refractivity contribution in [1.82, 2.24) is 4.98 Å². The molecule has 0 amide bonds. The van der Waals surface area contributed by atoms with E-state index >= 15 is 0 Å². The summed E-state index contributed by atoms with van der Waals surface area (Å²) >= 11 is 4.41. The van der Waals surface area contributed by atoms with Crippen LogP contribution in [0.15, 0.2) is 39.1 Å². The minimum absolute atomic E-state index is 0.0831. The van der Waals surface area contributed by atoms with Crippen molar-refractivity contribution >= 4 is 43.1 Å². The number of hydrogen-bond acceptors (Lipinski definition) is 5. The topological polar surface area (TPSA) is 79.3 Å². The van der Waals surface area contributed by atoms with Gasteiger partial charge in [0, 0.05) is 10.7 Å². The van der Waals surface area contributed by atoms with Crippen molar-refractivity contribution in [3.8, 4) is 0 Å². The minimum Gasteiger partial charge on any atom is -0.391 e. The van der Waals surface area contributed by atoms with E-state index in [2.05, 4.69) is 25.6 Å². The van der Waals surface area contributed by atoms with Gasteiger partial charge < -0.3 is 5.11 Å². The highest BCUT2D eigenvalue weighted by atomic mass is 79.9. The first-order valence-electron chi connectivity index (χ1n) is 4.84. The van der Waals surface area contributed by atoms with Gasteiger partial charge in [0.1, 0.15) is 10.7 Å². The van der Waals surface area contributed by atoms with Gasteiger partial charge in [0.2, 0.25) is 0 Å². The van der Waals surface area contributed by atoms with Gasteiger partial charge in [-0.25, -0.2) is 13.4 Å². The molecule has 0 aliphatic heterocycles. The summed E-state index contributed by atoms with van der Waals surface area (Å²) in [5.41, 5.74) is 0. The summed E-state index contributed by atoms with van der Waals surface area (Å²) in [5, 5.41) is 10.7. The minimum atomic E-state index is -3.70. The molecule has 2 aromatic heterocycles. The molecule has 0 spiro atoms. The zero-order valence-corrected chi connectivity index (χ0v) is 12.2. The molecule has 0 aliphatic carbocycles. The number of rotatable bonds is 4. The Bertz CT molecular complexity index is 637. The standard InChI is InChI=1S/C10H9BrN2O3S2/c11-7-1-2-10(12-5-7)13-18(15,16)9-3-4-17-8(9)6-14/h1-5,14H,6H2,(H,12,13). The number of aromatic nitrogens is 1. The van der Waals surface area contributed by atoms with Crippen molar-refractivity contribution in [3.05, 3.63) is 39.1 Å². The number of sulfonamides is 1.